The van der Waals surface area contributed by atoms with Crippen molar-refractivity contribution < 1.29 is 0 Å². The van der Waals surface area contributed by atoms with Gasteiger partial charge < -0.3 is 5.73 Å². The van der Waals surface area contributed by atoms with Crippen molar-refractivity contribution in [1.29, 1.82) is 0 Å². The average Bonchev–Trinajstić information content (AvgIpc) is 2.36. The first-order chi connectivity index (χ1) is 5.24. The molecule has 0 amide bonds. The average molecular weight is 234 g/mol. The van der Waals surface area contributed by atoms with Gasteiger partial charge in [0, 0.05) is 10.9 Å². The van der Waals surface area contributed by atoms with Gasteiger partial charge in [0.25, 0.3) is 0 Å². The van der Waals surface area contributed by atoms with E-state index in [2.05, 4.69) is 35.0 Å². The summed E-state index contributed by atoms with van der Waals surface area (Å²) in [6, 6.07) is 4.38. The normalized spacial score (nSPS) is 13.4. The van der Waals surface area contributed by atoms with Crippen LogP contribution in [0.5, 0.6) is 0 Å². The van der Waals surface area contributed by atoms with Gasteiger partial charge in [-0.2, -0.15) is 0 Å². The molecule has 0 saturated heterocycles. The van der Waals surface area contributed by atoms with Crippen LogP contribution in [0.1, 0.15) is 30.7 Å². The fraction of sp³-hybridized carbons (Fsp3) is 0.500. The Morgan fingerprint density at radius 2 is 2.36 bits per heavy atom. The van der Waals surface area contributed by atoms with Gasteiger partial charge in [0.15, 0.2) is 0 Å². The zero-order chi connectivity index (χ0) is 8.27. The Labute approximate surface area is 79.7 Å². The van der Waals surface area contributed by atoms with Gasteiger partial charge in [-0.1, -0.05) is 13.3 Å². The van der Waals surface area contributed by atoms with Crippen molar-refractivity contribution in [2.45, 2.75) is 25.8 Å². The number of nitrogens with two attached hydrogens (primary N) is 1. The first-order valence-electron chi connectivity index (χ1n) is 3.75. The lowest BCUT2D eigenvalue weighted by Gasteiger charge is -2.05. The van der Waals surface area contributed by atoms with Gasteiger partial charge in [-0.3, -0.25) is 0 Å². The van der Waals surface area contributed by atoms with Gasteiger partial charge in [-0.25, -0.2) is 0 Å². The van der Waals surface area contributed by atoms with Crippen LogP contribution < -0.4 is 5.73 Å². The van der Waals surface area contributed by atoms with Crippen LogP contribution in [0.15, 0.2) is 15.9 Å². The Kier molecular flexibility index (Phi) is 3.55. The molecule has 0 saturated carbocycles. The summed E-state index contributed by atoms with van der Waals surface area (Å²) in [6.07, 6.45) is 2.23. The molecule has 62 valence electrons. The molecule has 0 bridgehead atoms. The van der Waals surface area contributed by atoms with Crippen LogP contribution >= 0.6 is 27.3 Å². The first-order valence-corrected chi connectivity index (χ1v) is 5.35. The topological polar surface area (TPSA) is 26.0 Å². The second-order valence-corrected chi connectivity index (χ2v) is 5.03. The largest absolute Gasteiger partial charge is 0.323 e. The molecule has 2 N–H and O–H groups in total. The van der Waals surface area contributed by atoms with Crippen LogP contribution in [0.25, 0.3) is 0 Å². The maximum atomic E-state index is 5.91. The Balaban J connectivity index is 2.60. The summed E-state index contributed by atoms with van der Waals surface area (Å²) >= 11 is 5.14. The molecule has 1 heterocycles. The van der Waals surface area contributed by atoms with E-state index in [0.29, 0.717) is 0 Å². The summed E-state index contributed by atoms with van der Waals surface area (Å²) in [5.41, 5.74) is 5.91. The fourth-order valence-electron chi connectivity index (χ4n) is 0.981. The number of hydrogen-bond donors (Lipinski definition) is 1. The maximum absolute atomic E-state index is 5.91. The quantitative estimate of drug-likeness (QED) is 0.853. The van der Waals surface area contributed by atoms with Gasteiger partial charge in [0.2, 0.25) is 0 Å². The van der Waals surface area contributed by atoms with E-state index in [4.69, 9.17) is 5.73 Å². The predicted molar refractivity (Wildman–Crippen MR) is 53.9 cm³/mol. The number of rotatable bonds is 3. The summed E-state index contributed by atoms with van der Waals surface area (Å²) in [7, 11) is 0. The molecule has 0 aliphatic heterocycles. The second-order valence-electron chi connectivity index (χ2n) is 2.54. The van der Waals surface area contributed by atoms with Crippen LogP contribution in [0.3, 0.4) is 0 Å². The molecule has 0 aliphatic carbocycles. The molecular formula is C8H12BrNS. The van der Waals surface area contributed by atoms with Crippen molar-refractivity contribution in [1.82, 2.24) is 0 Å². The lowest BCUT2D eigenvalue weighted by molar-refractivity contribution is 0.648. The van der Waals surface area contributed by atoms with Crippen LogP contribution in [0.4, 0.5) is 0 Å². The van der Waals surface area contributed by atoms with Gasteiger partial charge in [-0.05, 0) is 34.5 Å². The smallest absolute Gasteiger partial charge is 0.0701 e. The predicted octanol–water partition coefficient (Wildman–Crippen LogP) is 3.31. The zero-order valence-corrected chi connectivity index (χ0v) is 8.91. The van der Waals surface area contributed by atoms with Crippen molar-refractivity contribution in [3.63, 3.8) is 0 Å². The monoisotopic (exact) mass is 233 g/mol. The van der Waals surface area contributed by atoms with Gasteiger partial charge in [0.1, 0.15) is 0 Å². The molecule has 1 atom stereocenters. The van der Waals surface area contributed by atoms with E-state index in [1.807, 2.05) is 0 Å². The standard InChI is InChI=1S/C8H12BrNS/c1-2-3-6(10)7-4-5-8(9)11-7/h4-6H,2-3,10H2,1H3. The van der Waals surface area contributed by atoms with Gasteiger partial charge in [0.05, 0.1) is 3.79 Å². The minimum atomic E-state index is 0.233. The van der Waals surface area contributed by atoms with E-state index in [1.54, 1.807) is 11.3 Å². The van der Waals surface area contributed by atoms with Crippen molar-refractivity contribution >= 4 is 27.3 Å². The molecular weight excluding hydrogens is 222 g/mol. The third-order valence-corrected chi connectivity index (χ3v) is 3.31. The van der Waals surface area contributed by atoms with E-state index in [0.717, 1.165) is 12.8 Å². The van der Waals surface area contributed by atoms with Gasteiger partial charge in [-0.15, -0.1) is 11.3 Å². The lowest BCUT2D eigenvalue weighted by atomic mass is 10.1. The zero-order valence-electron chi connectivity index (χ0n) is 6.51. The fourth-order valence-corrected chi connectivity index (χ4v) is 2.44. The second kappa shape index (κ2) is 4.24. The minimum absolute atomic E-state index is 0.233. The van der Waals surface area contributed by atoms with E-state index in [9.17, 15) is 0 Å². The van der Waals surface area contributed by atoms with E-state index in [1.165, 1.54) is 8.66 Å². The third kappa shape index (κ3) is 2.58. The minimum Gasteiger partial charge on any atom is -0.323 e. The van der Waals surface area contributed by atoms with Crippen LogP contribution in [-0.4, -0.2) is 0 Å². The first kappa shape index (κ1) is 9.23. The lowest BCUT2D eigenvalue weighted by Crippen LogP contribution is -2.07. The molecule has 0 radical (unpaired) electrons. The Hall–Kier alpha value is 0.140. The highest BCUT2D eigenvalue weighted by molar-refractivity contribution is 9.11. The molecule has 0 spiro atoms. The Morgan fingerprint density at radius 1 is 1.64 bits per heavy atom. The highest BCUT2D eigenvalue weighted by atomic mass is 79.9. The summed E-state index contributed by atoms with van der Waals surface area (Å²) < 4.78 is 1.17. The molecule has 3 heteroatoms. The molecule has 0 fully saturated rings. The van der Waals surface area contributed by atoms with Crippen LogP contribution in [0.2, 0.25) is 0 Å². The van der Waals surface area contributed by atoms with Crippen molar-refractivity contribution in [2.24, 2.45) is 5.73 Å². The maximum Gasteiger partial charge on any atom is 0.0701 e. The van der Waals surface area contributed by atoms with E-state index in [-0.39, 0.29) is 6.04 Å². The molecule has 1 unspecified atom stereocenters. The molecule has 1 rings (SSSR count). The SMILES string of the molecule is CCCC(N)c1ccc(Br)s1. The summed E-state index contributed by atoms with van der Waals surface area (Å²) in [6.45, 7) is 2.16. The summed E-state index contributed by atoms with van der Waals surface area (Å²) in [5, 5.41) is 0. The van der Waals surface area contributed by atoms with Gasteiger partial charge >= 0.3 is 0 Å². The number of hydrogen-bond acceptors (Lipinski definition) is 2. The van der Waals surface area contributed by atoms with Crippen molar-refractivity contribution in [3.05, 3.63) is 20.8 Å². The van der Waals surface area contributed by atoms with Crippen molar-refractivity contribution in [3.8, 4) is 0 Å². The third-order valence-electron chi connectivity index (χ3n) is 1.56. The number of thiophene rings is 1. The molecule has 0 aliphatic rings. The molecule has 1 aromatic rings. The summed E-state index contributed by atoms with van der Waals surface area (Å²) in [5.74, 6) is 0. The molecule has 11 heavy (non-hydrogen) atoms. The van der Waals surface area contributed by atoms with Crippen molar-refractivity contribution in [2.75, 3.05) is 0 Å². The van der Waals surface area contributed by atoms with Crippen LogP contribution in [-0.2, 0) is 0 Å². The summed E-state index contributed by atoms with van der Waals surface area (Å²) in [4.78, 5) is 1.28. The van der Waals surface area contributed by atoms with E-state index < -0.39 is 0 Å². The highest BCUT2D eigenvalue weighted by Gasteiger charge is 2.06. The van der Waals surface area contributed by atoms with Crippen LogP contribution in [0, 0.1) is 0 Å². The Bertz CT molecular complexity index is 222. The molecule has 1 aromatic heterocycles. The van der Waals surface area contributed by atoms with E-state index >= 15 is 0 Å². The molecule has 1 nitrogen and oxygen atoms in total. The number of halogens is 1. The Morgan fingerprint density at radius 3 is 2.82 bits per heavy atom. The molecule has 0 aromatic carbocycles. The highest BCUT2D eigenvalue weighted by Crippen LogP contribution is 2.27.